The van der Waals surface area contributed by atoms with Gasteiger partial charge in [0.1, 0.15) is 5.75 Å². The first kappa shape index (κ1) is 14.7. The molecule has 3 aromatic rings. The van der Waals surface area contributed by atoms with Crippen molar-refractivity contribution in [2.45, 2.75) is 32.7 Å². The predicted octanol–water partition coefficient (Wildman–Crippen LogP) is 1.92. The topological polar surface area (TPSA) is 84.3 Å². The summed E-state index contributed by atoms with van der Waals surface area (Å²) in [6, 6.07) is 7.88. The van der Waals surface area contributed by atoms with Gasteiger partial charge in [-0.15, -0.1) is 0 Å². The number of nitrogens with zero attached hydrogens (tertiary/aromatic N) is 3. The SMILES string of the molecule is CCOc1ccc(CNc2nc3nc4c(c(=O)n3[nH]2)CCC4)cc1. The van der Waals surface area contributed by atoms with Crippen LogP contribution >= 0.6 is 0 Å². The minimum absolute atomic E-state index is 0.0332. The third-order valence-electron chi connectivity index (χ3n) is 4.21. The molecular weight excluding hydrogens is 306 g/mol. The minimum Gasteiger partial charge on any atom is -0.494 e. The Hall–Kier alpha value is -2.83. The van der Waals surface area contributed by atoms with Crippen molar-refractivity contribution in [3.63, 3.8) is 0 Å². The van der Waals surface area contributed by atoms with Crippen LogP contribution in [-0.2, 0) is 19.4 Å². The third-order valence-corrected chi connectivity index (χ3v) is 4.21. The maximum Gasteiger partial charge on any atom is 0.277 e. The number of hydrogen-bond donors (Lipinski definition) is 2. The Morgan fingerprint density at radius 1 is 1.25 bits per heavy atom. The smallest absolute Gasteiger partial charge is 0.277 e. The van der Waals surface area contributed by atoms with E-state index < -0.39 is 0 Å². The van der Waals surface area contributed by atoms with E-state index in [4.69, 9.17) is 4.74 Å². The van der Waals surface area contributed by atoms with Crippen molar-refractivity contribution < 1.29 is 4.74 Å². The summed E-state index contributed by atoms with van der Waals surface area (Å²) in [6.07, 6.45) is 2.66. The molecule has 1 aromatic carbocycles. The maximum absolute atomic E-state index is 12.4. The molecule has 7 nitrogen and oxygen atoms in total. The van der Waals surface area contributed by atoms with Gasteiger partial charge in [0, 0.05) is 12.1 Å². The summed E-state index contributed by atoms with van der Waals surface area (Å²) in [7, 11) is 0. The van der Waals surface area contributed by atoms with Gasteiger partial charge in [0.2, 0.25) is 5.95 Å². The Bertz CT molecular complexity index is 927. The average Bonchev–Trinajstić information content (AvgIpc) is 3.22. The van der Waals surface area contributed by atoms with Crippen LogP contribution in [0, 0.1) is 0 Å². The molecule has 0 aliphatic heterocycles. The van der Waals surface area contributed by atoms with E-state index in [1.807, 2.05) is 31.2 Å². The van der Waals surface area contributed by atoms with Crippen LogP contribution in [0.25, 0.3) is 5.78 Å². The molecule has 1 aliphatic rings. The van der Waals surface area contributed by atoms with Crippen LogP contribution in [0.1, 0.15) is 30.2 Å². The van der Waals surface area contributed by atoms with E-state index >= 15 is 0 Å². The Balaban J connectivity index is 1.53. The molecule has 7 heteroatoms. The van der Waals surface area contributed by atoms with E-state index in [1.165, 1.54) is 4.52 Å². The van der Waals surface area contributed by atoms with Crippen molar-refractivity contribution in [2.75, 3.05) is 11.9 Å². The Morgan fingerprint density at radius 3 is 2.88 bits per heavy atom. The third kappa shape index (κ3) is 2.62. The van der Waals surface area contributed by atoms with E-state index in [0.717, 1.165) is 41.8 Å². The summed E-state index contributed by atoms with van der Waals surface area (Å²) < 4.78 is 6.85. The van der Waals surface area contributed by atoms with Crippen LogP contribution < -0.4 is 15.6 Å². The lowest BCUT2D eigenvalue weighted by Gasteiger charge is -2.05. The highest BCUT2D eigenvalue weighted by Gasteiger charge is 2.19. The monoisotopic (exact) mass is 325 g/mol. The summed E-state index contributed by atoms with van der Waals surface area (Å²) in [5, 5.41) is 6.19. The fraction of sp³-hybridized carbons (Fsp3) is 0.353. The van der Waals surface area contributed by atoms with E-state index in [2.05, 4.69) is 20.4 Å². The molecule has 124 valence electrons. The average molecular weight is 325 g/mol. The molecule has 0 radical (unpaired) electrons. The number of fused-ring (bicyclic) bond motifs is 2. The number of hydrogen-bond acceptors (Lipinski definition) is 5. The van der Waals surface area contributed by atoms with Gasteiger partial charge >= 0.3 is 0 Å². The van der Waals surface area contributed by atoms with E-state index in [-0.39, 0.29) is 5.56 Å². The van der Waals surface area contributed by atoms with Crippen molar-refractivity contribution in [2.24, 2.45) is 0 Å². The van der Waals surface area contributed by atoms with E-state index in [0.29, 0.717) is 24.9 Å². The van der Waals surface area contributed by atoms with Crippen LogP contribution in [0.4, 0.5) is 5.95 Å². The first-order chi connectivity index (χ1) is 11.7. The lowest BCUT2D eigenvalue weighted by molar-refractivity contribution is 0.340. The summed E-state index contributed by atoms with van der Waals surface area (Å²) in [4.78, 5) is 21.3. The van der Waals surface area contributed by atoms with Gasteiger partial charge in [-0.05, 0) is 43.9 Å². The number of anilines is 1. The lowest BCUT2D eigenvalue weighted by Crippen LogP contribution is -2.20. The highest BCUT2D eigenvalue weighted by atomic mass is 16.5. The second-order valence-corrected chi connectivity index (χ2v) is 5.83. The first-order valence-corrected chi connectivity index (χ1v) is 8.20. The largest absolute Gasteiger partial charge is 0.494 e. The highest BCUT2D eigenvalue weighted by Crippen LogP contribution is 2.17. The summed E-state index contributed by atoms with van der Waals surface area (Å²) in [5.41, 5.74) is 2.77. The fourth-order valence-electron chi connectivity index (χ4n) is 3.02. The maximum atomic E-state index is 12.4. The van der Waals surface area contributed by atoms with Gasteiger partial charge in [-0.1, -0.05) is 12.1 Å². The summed E-state index contributed by atoms with van der Waals surface area (Å²) >= 11 is 0. The van der Waals surface area contributed by atoms with E-state index in [1.54, 1.807) is 0 Å². The quantitative estimate of drug-likeness (QED) is 0.749. The molecule has 24 heavy (non-hydrogen) atoms. The van der Waals surface area contributed by atoms with Crippen LogP contribution in [-0.4, -0.2) is 26.2 Å². The number of aromatic nitrogens is 4. The number of benzene rings is 1. The van der Waals surface area contributed by atoms with Crippen molar-refractivity contribution in [1.29, 1.82) is 0 Å². The lowest BCUT2D eigenvalue weighted by atomic mass is 10.2. The predicted molar refractivity (Wildman–Crippen MR) is 90.6 cm³/mol. The molecule has 1 aliphatic carbocycles. The van der Waals surface area contributed by atoms with Crippen molar-refractivity contribution in [1.82, 2.24) is 19.6 Å². The number of nitrogens with one attached hydrogen (secondary N) is 2. The molecule has 0 saturated heterocycles. The molecule has 0 unspecified atom stereocenters. The molecule has 0 saturated carbocycles. The van der Waals surface area contributed by atoms with Gasteiger partial charge in [-0.25, -0.2) is 4.98 Å². The molecular formula is C17H19N5O2. The fourth-order valence-corrected chi connectivity index (χ4v) is 3.02. The van der Waals surface area contributed by atoms with Crippen LogP contribution in [0.3, 0.4) is 0 Å². The standard InChI is InChI=1S/C17H19N5O2/c1-2-24-12-8-6-11(7-9-12)10-18-16-20-17-19-14-5-3-4-13(14)15(23)22(17)21-16/h6-9H,2-5,10H2,1H3,(H2,18,19,20,21). The molecule has 2 heterocycles. The molecule has 2 N–H and O–H groups in total. The van der Waals surface area contributed by atoms with Gasteiger partial charge in [-0.2, -0.15) is 9.50 Å². The number of ether oxygens (including phenoxy) is 1. The first-order valence-electron chi connectivity index (χ1n) is 8.20. The molecule has 0 spiro atoms. The van der Waals surface area contributed by atoms with Gasteiger partial charge in [0.15, 0.2) is 0 Å². The van der Waals surface area contributed by atoms with Crippen molar-refractivity contribution in [3.8, 4) is 5.75 Å². The second kappa shape index (κ2) is 5.99. The number of rotatable bonds is 5. The second-order valence-electron chi connectivity index (χ2n) is 5.83. The molecule has 2 aromatic heterocycles. The molecule has 0 atom stereocenters. The normalized spacial score (nSPS) is 13.2. The molecule has 0 fully saturated rings. The van der Waals surface area contributed by atoms with Crippen LogP contribution in [0.5, 0.6) is 5.75 Å². The highest BCUT2D eigenvalue weighted by molar-refractivity contribution is 5.41. The zero-order chi connectivity index (χ0) is 16.5. The van der Waals surface area contributed by atoms with Crippen molar-refractivity contribution >= 4 is 11.7 Å². The van der Waals surface area contributed by atoms with Crippen LogP contribution in [0.15, 0.2) is 29.1 Å². The Morgan fingerprint density at radius 2 is 2.08 bits per heavy atom. The van der Waals surface area contributed by atoms with Gasteiger partial charge in [0.25, 0.3) is 11.3 Å². The van der Waals surface area contributed by atoms with Crippen LogP contribution in [0.2, 0.25) is 0 Å². The zero-order valence-electron chi connectivity index (χ0n) is 13.5. The van der Waals surface area contributed by atoms with Gasteiger partial charge < -0.3 is 10.1 Å². The number of H-pyrrole nitrogens is 1. The van der Waals surface area contributed by atoms with Gasteiger partial charge in [0.05, 0.1) is 12.3 Å². The van der Waals surface area contributed by atoms with E-state index in [9.17, 15) is 4.79 Å². The summed E-state index contributed by atoms with van der Waals surface area (Å²) in [6.45, 7) is 3.21. The Labute approximate surface area is 138 Å². The number of aryl methyl sites for hydroxylation is 1. The summed E-state index contributed by atoms with van der Waals surface area (Å²) in [5.74, 6) is 1.82. The zero-order valence-corrected chi connectivity index (χ0v) is 13.5. The minimum atomic E-state index is -0.0332. The molecule has 4 rings (SSSR count). The van der Waals surface area contributed by atoms with Crippen molar-refractivity contribution in [3.05, 3.63) is 51.4 Å². The molecule has 0 bridgehead atoms. The van der Waals surface area contributed by atoms with Gasteiger partial charge in [-0.3, -0.25) is 9.89 Å². The Kier molecular flexibility index (Phi) is 3.68. The number of aromatic amines is 1. The molecule has 0 amide bonds.